The molecule has 88 valence electrons. The van der Waals surface area contributed by atoms with Gasteiger partial charge in [-0.25, -0.2) is 0 Å². The van der Waals surface area contributed by atoms with Gasteiger partial charge in [-0.1, -0.05) is 24.3 Å². The Morgan fingerprint density at radius 3 is 2.44 bits per heavy atom. The standard InChI is InChI=1S/C11H12F3NO/c12-11(13,14)9(16)7-2-1-3-8(6-7)10(15)4-5-10/h1-3,6,9,16H,4-5,15H2. The minimum atomic E-state index is -4.63. The Hall–Kier alpha value is -1.07. The molecule has 0 aliphatic heterocycles. The summed E-state index contributed by atoms with van der Waals surface area (Å²) >= 11 is 0. The third-order valence-electron chi connectivity index (χ3n) is 2.88. The van der Waals surface area contributed by atoms with Crippen molar-refractivity contribution < 1.29 is 18.3 Å². The van der Waals surface area contributed by atoms with Crippen LogP contribution in [0.25, 0.3) is 0 Å². The average Bonchev–Trinajstić information content (AvgIpc) is 2.96. The molecule has 0 bridgehead atoms. The van der Waals surface area contributed by atoms with E-state index in [1.165, 1.54) is 18.2 Å². The van der Waals surface area contributed by atoms with Crippen LogP contribution in [0.2, 0.25) is 0 Å². The first-order chi connectivity index (χ1) is 7.33. The highest BCUT2D eigenvalue weighted by Gasteiger charge is 2.42. The Kier molecular flexibility index (Phi) is 2.47. The summed E-state index contributed by atoms with van der Waals surface area (Å²) in [6.45, 7) is 0. The van der Waals surface area contributed by atoms with Crippen molar-refractivity contribution in [3.8, 4) is 0 Å². The molecule has 1 fully saturated rings. The number of aliphatic hydroxyl groups excluding tert-OH is 1. The van der Waals surface area contributed by atoms with Gasteiger partial charge in [-0.15, -0.1) is 0 Å². The fourth-order valence-corrected chi connectivity index (χ4v) is 1.63. The molecule has 0 radical (unpaired) electrons. The van der Waals surface area contributed by atoms with Gasteiger partial charge in [-0.2, -0.15) is 13.2 Å². The number of hydrogen-bond donors (Lipinski definition) is 2. The zero-order chi connectivity index (χ0) is 12.0. The van der Waals surface area contributed by atoms with Gasteiger partial charge < -0.3 is 10.8 Å². The van der Waals surface area contributed by atoms with Crippen LogP contribution in [-0.4, -0.2) is 11.3 Å². The van der Waals surface area contributed by atoms with E-state index >= 15 is 0 Å². The first-order valence-electron chi connectivity index (χ1n) is 4.97. The zero-order valence-electron chi connectivity index (χ0n) is 8.46. The van der Waals surface area contributed by atoms with Crippen LogP contribution in [0.5, 0.6) is 0 Å². The van der Waals surface area contributed by atoms with E-state index in [1.807, 2.05) is 0 Å². The molecule has 3 N–H and O–H groups in total. The maximum Gasteiger partial charge on any atom is 0.418 e. The lowest BCUT2D eigenvalue weighted by Crippen LogP contribution is -2.22. The molecule has 5 heteroatoms. The molecular formula is C11H12F3NO. The molecule has 1 atom stereocenters. The van der Waals surface area contributed by atoms with Crippen molar-refractivity contribution in [2.45, 2.75) is 30.7 Å². The Balaban J connectivity index is 2.29. The summed E-state index contributed by atoms with van der Waals surface area (Å²) in [4.78, 5) is 0. The van der Waals surface area contributed by atoms with Crippen LogP contribution >= 0.6 is 0 Å². The number of hydrogen-bond acceptors (Lipinski definition) is 2. The van der Waals surface area contributed by atoms with E-state index in [2.05, 4.69) is 0 Å². The highest BCUT2D eigenvalue weighted by Crippen LogP contribution is 2.43. The van der Waals surface area contributed by atoms with Gasteiger partial charge in [0.15, 0.2) is 6.10 Å². The molecule has 0 aromatic heterocycles. The molecule has 2 rings (SSSR count). The van der Waals surface area contributed by atoms with E-state index in [4.69, 9.17) is 10.8 Å². The predicted molar refractivity (Wildman–Crippen MR) is 52.6 cm³/mol. The number of rotatable bonds is 2. The quantitative estimate of drug-likeness (QED) is 0.819. The zero-order valence-corrected chi connectivity index (χ0v) is 8.46. The summed E-state index contributed by atoms with van der Waals surface area (Å²) in [7, 11) is 0. The maximum absolute atomic E-state index is 12.3. The number of halogens is 3. The summed E-state index contributed by atoms with van der Waals surface area (Å²) in [6.07, 6.45) is -5.52. The van der Waals surface area contributed by atoms with Crippen LogP contribution in [0, 0.1) is 0 Å². The Morgan fingerprint density at radius 1 is 1.31 bits per heavy atom. The van der Waals surface area contributed by atoms with E-state index in [1.54, 1.807) is 6.07 Å². The van der Waals surface area contributed by atoms with E-state index in [-0.39, 0.29) is 5.56 Å². The van der Waals surface area contributed by atoms with Crippen LogP contribution in [0.3, 0.4) is 0 Å². The summed E-state index contributed by atoms with van der Waals surface area (Å²) in [5.41, 5.74) is 5.91. The van der Waals surface area contributed by atoms with E-state index in [9.17, 15) is 13.2 Å². The third kappa shape index (κ3) is 2.05. The fourth-order valence-electron chi connectivity index (χ4n) is 1.63. The molecule has 1 unspecified atom stereocenters. The van der Waals surface area contributed by atoms with Gasteiger partial charge in [-0.05, 0) is 24.0 Å². The minimum absolute atomic E-state index is 0.151. The highest BCUT2D eigenvalue weighted by molar-refractivity contribution is 5.34. The Labute approximate surface area is 90.9 Å². The first kappa shape index (κ1) is 11.4. The van der Waals surface area contributed by atoms with Crippen molar-refractivity contribution in [3.63, 3.8) is 0 Å². The second kappa shape index (κ2) is 3.46. The van der Waals surface area contributed by atoms with Gasteiger partial charge in [0.2, 0.25) is 0 Å². The Morgan fingerprint density at radius 2 is 1.94 bits per heavy atom. The lowest BCUT2D eigenvalue weighted by Gasteiger charge is -2.17. The highest BCUT2D eigenvalue weighted by atomic mass is 19.4. The topological polar surface area (TPSA) is 46.2 Å². The molecular weight excluding hydrogens is 219 g/mol. The number of benzene rings is 1. The monoisotopic (exact) mass is 231 g/mol. The van der Waals surface area contributed by atoms with Crippen LogP contribution in [0.15, 0.2) is 24.3 Å². The van der Waals surface area contributed by atoms with Crippen molar-refractivity contribution in [3.05, 3.63) is 35.4 Å². The molecule has 0 saturated heterocycles. The smallest absolute Gasteiger partial charge is 0.379 e. The van der Waals surface area contributed by atoms with Gasteiger partial charge in [-0.3, -0.25) is 0 Å². The van der Waals surface area contributed by atoms with Gasteiger partial charge in [0.05, 0.1) is 0 Å². The Bertz CT molecular complexity index is 398. The SMILES string of the molecule is NC1(c2cccc(C(O)C(F)(F)F)c2)CC1. The number of nitrogens with two attached hydrogens (primary N) is 1. The molecule has 1 aliphatic carbocycles. The van der Waals surface area contributed by atoms with Crippen molar-refractivity contribution in [1.29, 1.82) is 0 Å². The lowest BCUT2D eigenvalue weighted by atomic mass is 10.00. The minimum Gasteiger partial charge on any atom is -0.379 e. The molecule has 0 amide bonds. The molecule has 16 heavy (non-hydrogen) atoms. The molecule has 2 nitrogen and oxygen atoms in total. The summed E-state index contributed by atoms with van der Waals surface area (Å²) in [6, 6.07) is 5.78. The van der Waals surface area contributed by atoms with Gasteiger partial charge in [0.1, 0.15) is 0 Å². The maximum atomic E-state index is 12.3. The molecule has 1 aromatic carbocycles. The third-order valence-corrected chi connectivity index (χ3v) is 2.88. The number of alkyl halides is 3. The molecule has 0 heterocycles. The molecule has 1 saturated carbocycles. The first-order valence-corrected chi connectivity index (χ1v) is 4.97. The van der Waals surface area contributed by atoms with Crippen LogP contribution < -0.4 is 5.73 Å². The molecule has 1 aromatic rings. The van der Waals surface area contributed by atoms with Gasteiger partial charge in [0, 0.05) is 5.54 Å². The van der Waals surface area contributed by atoms with Crippen LogP contribution in [-0.2, 0) is 5.54 Å². The summed E-state index contributed by atoms with van der Waals surface area (Å²) in [5, 5.41) is 9.10. The second-order valence-corrected chi connectivity index (χ2v) is 4.23. The van der Waals surface area contributed by atoms with E-state index in [0.29, 0.717) is 5.56 Å². The molecule has 0 spiro atoms. The fraction of sp³-hybridized carbons (Fsp3) is 0.455. The van der Waals surface area contributed by atoms with Crippen molar-refractivity contribution in [2.75, 3.05) is 0 Å². The summed E-state index contributed by atoms with van der Waals surface area (Å²) in [5.74, 6) is 0. The second-order valence-electron chi connectivity index (χ2n) is 4.23. The van der Waals surface area contributed by atoms with Crippen molar-refractivity contribution >= 4 is 0 Å². The van der Waals surface area contributed by atoms with Gasteiger partial charge >= 0.3 is 6.18 Å². The van der Waals surface area contributed by atoms with Crippen molar-refractivity contribution in [1.82, 2.24) is 0 Å². The van der Waals surface area contributed by atoms with Crippen molar-refractivity contribution in [2.24, 2.45) is 5.73 Å². The molecule has 1 aliphatic rings. The van der Waals surface area contributed by atoms with Crippen LogP contribution in [0.4, 0.5) is 13.2 Å². The summed E-state index contributed by atoms with van der Waals surface area (Å²) < 4.78 is 36.9. The van der Waals surface area contributed by atoms with E-state index in [0.717, 1.165) is 12.8 Å². The lowest BCUT2D eigenvalue weighted by molar-refractivity contribution is -0.206. The van der Waals surface area contributed by atoms with Crippen LogP contribution in [0.1, 0.15) is 30.1 Å². The average molecular weight is 231 g/mol. The van der Waals surface area contributed by atoms with Gasteiger partial charge in [0.25, 0.3) is 0 Å². The number of aliphatic hydroxyl groups is 1. The van der Waals surface area contributed by atoms with E-state index < -0.39 is 17.8 Å². The normalized spacial score (nSPS) is 20.6. The predicted octanol–water partition coefficient (Wildman–Crippen LogP) is 2.23. The largest absolute Gasteiger partial charge is 0.418 e.